The van der Waals surface area contributed by atoms with E-state index in [2.05, 4.69) is 45.0 Å². The van der Waals surface area contributed by atoms with Crippen molar-refractivity contribution in [1.29, 1.82) is 0 Å². The second kappa shape index (κ2) is 9.34. The topological polar surface area (TPSA) is 9.23 Å². The zero-order valence-corrected chi connectivity index (χ0v) is 13.8. The molecule has 4 heteroatoms. The fourth-order valence-electron chi connectivity index (χ4n) is 0.773. The van der Waals surface area contributed by atoms with Crippen molar-refractivity contribution in [3.63, 3.8) is 0 Å². The van der Waals surface area contributed by atoms with Crippen LogP contribution in [0.3, 0.4) is 0 Å². The Morgan fingerprint density at radius 3 is 2.22 bits per heavy atom. The Labute approximate surface area is 125 Å². The first kappa shape index (κ1) is 17.4. The molecular formula is C14H17Br2FO. The number of allylic oxidation sites excluding steroid dienone is 1. The van der Waals surface area contributed by atoms with E-state index in [0.29, 0.717) is 16.8 Å². The highest BCUT2D eigenvalue weighted by atomic mass is 79.9. The first-order valence-electron chi connectivity index (χ1n) is 5.29. The summed E-state index contributed by atoms with van der Waals surface area (Å²) in [6, 6.07) is 4.66. The predicted molar refractivity (Wildman–Crippen MR) is 83.0 cm³/mol. The first-order chi connectivity index (χ1) is 8.36. The molecule has 0 fully saturated rings. The number of halogens is 3. The maximum absolute atomic E-state index is 13.0. The van der Waals surface area contributed by atoms with Crippen LogP contribution in [0.2, 0.25) is 0 Å². The van der Waals surface area contributed by atoms with E-state index in [1.807, 2.05) is 13.8 Å². The Morgan fingerprint density at radius 1 is 1.28 bits per heavy atom. The smallest absolute Gasteiger partial charge is 0.141 e. The van der Waals surface area contributed by atoms with E-state index < -0.39 is 0 Å². The van der Waals surface area contributed by atoms with Crippen molar-refractivity contribution in [2.45, 2.75) is 13.8 Å². The van der Waals surface area contributed by atoms with Crippen LogP contribution in [0.25, 0.3) is 0 Å². The lowest BCUT2D eigenvalue weighted by molar-refractivity contribution is 0.350. The Kier molecular flexibility index (Phi) is 9.02. The molecule has 0 bridgehead atoms. The van der Waals surface area contributed by atoms with Crippen LogP contribution < -0.4 is 4.74 Å². The van der Waals surface area contributed by atoms with Crippen molar-refractivity contribution in [2.75, 3.05) is 11.9 Å². The number of benzene rings is 1. The Balaban J connectivity index is 0.000000494. The molecule has 0 spiro atoms. The quantitative estimate of drug-likeness (QED) is 0.495. The molecule has 100 valence electrons. The second-order valence-electron chi connectivity index (χ2n) is 3.91. The minimum Gasteiger partial charge on any atom is -0.489 e. The molecule has 18 heavy (non-hydrogen) atoms. The largest absolute Gasteiger partial charge is 0.489 e. The average Bonchev–Trinajstić information content (AvgIpc) is 2.31. The SMILES string of the molecule is C=C(C)CBr.C=C(C)COc1ccc(Br)c(F)c1. The molecule has 0 N–H and O–H groups in total. The van der Waals surface area contributed by atoms with E-state index in [4.69, 9.17) is 4.74 Å². The van der Waals surface area contributed by atoms with Crippen LogP contribution in [0.5, 0.6) is 5.75 Å². The van der Waals surface area contributed by atoms with Crippen molar-refractivity contribution >= 4 is 31.9 Å². The Morgan fingerprint density at radius 2 is 1.83 bits per heavy atom. The summed E-state index contributed by atoms with van der Waals surface area (Å²) in [5.74, 6) is 0.197. The van der Waals surface area contributed by atoms with E-state index in [0.717, 1.165) is 10.9 Å². The van der Waals surface area contributed by atoms with Gasteiger partial charge < -0.3 is 4.74 Å². The molecule has 0 atom stereocenters. The summed E-state index contributed by atoms with van der Waals surface area (Å²) < 4.78 is 18.6. The predicted octanol–water partition coefficient (Wildman–Crippen LogP) is 5.50. The molecule has 0 aromatic heterocycles. The lowest BCUT2D eigenvalue weighted by Gasteiger charge is -2.05. The second-order valence-corrected chi connectivity index (χ2v) is 5.33. The number of ether oxygens (including phenoxy) is 1. The fraction of sp³-hybridized carbons (Fsp3) is 0.286. The van der Waals surface area contributed by atoms with Crippen LogP contribution in [-0.2, 0) is 0 Å². The number of hydrogen-bond acceptors (Lipinski definition) is 1. The molecule has 0 aliphatic carbocycles. The third-order valence-electron chi connectivity index (χ3n) is 1.60. The molecule has 0 radical (unpaired) electrons. The molecule has 1 rings (SSSR count). The summed E-state index contributed by atoms with van der Waals surface area (Å²) in [5, 5.41) is 0.924. The molecule has 1 nitrogen and oxygen atoms in total. The number of alkyl halides is 1. The minimum absolute atomic E-state index is 0.320. The Bertz CT molecular complexity index is 416. The van der Waals surface area contributed by atoms with Gasteiger partial charge in [-0.1, -0.05) is 34.7 Å². The molecule has 1 aromatic carbocycles. The van der Waals surface area contributed by atoms with Crippen LogP contribution in [0, 0.1) is 5.82 Å². The number of hydrogen-bond donors (Lipinski definition) is 0. The molecule has 1 aromatic rings. The van der Waals surface area contributed by atoms with E-state index >= 15 is 0 Å². The van der Waals surface area contributed by atoms with Gasteiger partial charge in [0.2, 0.25) is 0 Å². The van der Waals surface area contributed by atoms with E-state index in [1.165, 1.54) is 11.6 Å². The summed E-state index contributed by atoms with van der Waals surface area (Å²) in [4.78, 5) is 0. The number of rotatable bonds is 4. The minimum atomic E-state index is -0.320. The third kappa shape index (κ3) is 8.48. The van der Waals surface area contributed by atoms with Gasteiger partial charge in [-0.3, -0.25) is 0 Å². The van der Waals surface area contributed by atoms with Crippen molar-refractivity contribution in [2.24, 2.45) is 0 Å². The molecule has 0 saturated carbocycles. The molecule has 0 unspecified atom stereocenters. The fourth-order valence-corrected chi connectivity index (χ4v) is 1.02. The van der Waals surface area contributed by atoms with Gasteiger partial charge in [-0.15, -0.1) is 0 Å². The zero-order valence-electron chi connectivity index (χ0n) is 10.6. The van der Waals surface area contributed by atoms with Crippen molar-refractivity contribution in [3.05, 3.63) is 52.8 Å². The van der Waals surface area contributed by atoms with Gasteiger partial charge in [-0.2, -0.15) is 0 Å². The van der Waals surface area contributed by atoms with Gasteiger partial charge in [0.15, 0.2) is 0 Å². The van der Waals surface area contributed by atoms with Gasteiger partial charge in [0.05, 0.1) is 4.47 Å². The lowest BCUT2D eigenvalue weighted by Crippen LogP contribution is -1.97. The van der Waals surface area contributed by atoms with Gasteiger partial charge in [0.25, 0.3) is 0 Å². The summed E-state index contributed by atoms with van der Waals surface area (Å²) in [6.45, 7) is 11.6. The van der Waals surface area contributed by atoms with Crippen molar-refractivity contribution < 1.29 is 9.13 Å². The zero-order chi connectivity index (χ0) is 14.1. The normalized spacial score (nSPS) is 9.17. The van der Waals surface area contributed by atoms with Crippen molar-refractivity contribution in [3.8, 4) is 5.75 Å². The van der Waals surface area contributed by atoms with Crippen molar-refractivity contribution in [1.82, 2.24) is 0 Å². The molecule has 0 heterocycles. The first-order valence-corrected chi connectivity index (χ1v) is 7.20. The summed E-state index contributed by atoms with van der Waals surface area (Å²) in [6.07, 6.45) is 0. The highest BCUT2D eigenvalue weighted by Crippen LogP contribution is 2.20. The highest BCUT2D eigenvalue weighted by Gasteiger charge is 2.00. The summed E-state index contributed by atoms with van der Waals surface area (Å²) in [5.41, 5.74) is 2.08. The third-order valence-corrected chi connectivity index (χ3v) is 3.20. The average molecular weight is 380 g/mol. The molecular weight excluding hydrogens is 363 g/mol. The standard InChI is InChI=1S/C10H10BrFO.C4H7Br/c1-7(2)6-13-8-3-4-9(11)10(12)5-8;1-4(2)3-5/h3-5H,1,6H2,2H3;1,3H2,2H3. The summed E-state index contributed by atoms with van der Waals surface area (Å²) >= 11 is 6.28. The molecule has 0 aliphatic heterocycles. The lowest BCUT2D eigenvalue weighted by atomic mass is 10.3. The van der Waals surface area contributed by atoms with Gasteiger partial charge in [-0.25, -0.2) is 4.39 Å². The van der Waals surface area contributed by atoms with Crippen LogP contribution >= 0.6 is 31.9 Å². The van der Waals surface area contributed by atoms with Gasteiger partial charge >= 0.3 is 0 Å². The van der Waals surface area contributed by atoms with Crippen LogP contribution in [0.4, 0.5) is 4.39 Å². The van der Waals surface area contributed by atoms with Crippen LogP contribution in [0.15, 0.2) is 47.0 Å². The maximum Gasteiger partial charge on any atom is 0.141 e. The van der Waals surface area contributed by atoms with E-state index in [-0.39, 0.29) is 5.82 Å². The summed E-state index contributed by atoms with van der Waals surface area (Å²) in [7, 11) is 0. The van der Waals surface area contributed by atoms with Gasteiger partial charge in [-0.05, 0) is 47.5 Å². The molecule has 0 aliphatic rings. The maximum atomic E-state index is 13.0. The Hall–Kier alpha value is -0.610. The van der Waals surface area contributed by atoms with Crippen LogP contribution in [0.1, 0.15) is 13.8 Å². The van der Waals surface area contributed by atoms with Crippen LogP contribution in [-0.4, -0.2) is 11.9 Å². The van der Waals surface area contributed by atoms with E-state index in [1.54, 1.807) is 12.1 Å². The van der Waals surface area contributed by atoms with Gasteiger partial charge in [0, 0.05) is 11.4 Å². The molecule has 0 saturated heterocycles. The van der Waals surface area contributed by atoms with Gasteiger partial charge in [0.1, 0.15) is 18.2 Å². The van der Waals surface area contributed by atoms with E-state index in [9.17, 15) is 4.39 Å². The highest BCUT2D eigenvalue weighted by molar-refractivity contribution is 9.10. The molecule has 0 amide bonds. The monoisotopic (exact) mass is 378 g/mol.